The molecule has 1 aliphatic heterocycles. The van der Waals surface area contributed by atoms with Crippen molar-refractivity contribution in [2.45, 2.75) is 30.2 Å². The normalized spacial score (nSPS) is 16.7. The van der Waals surface area contributed by atoms with E-state index in [1.807, 2.05) is 42.7 Å². The monoisotopic (exact) mass is 345 g/mol. The SMILES string of the molecule is CSc1ccccc1C(=O)NC[C@H](c1ccco1)[NH+]1CCCCC1. The van der Waals surface area contributed by atoms with Crippen molar-refractivity contribution in [3.63, 3.8) is 0 Å². The molecule has 0 bridgehead atoms. The lowest BCUT2D eigenvalue weighted by Gasteiger charge is -2.30. The average molecular weight is 345 g/mol. The molecular formula is C19H25N2O2S+. The highest BCUT2D eigenvalue weighted by Gasteiger charge is 2.28. The van der Waals surface area contributed by atoms with Crippen molar-refractivity contribution in [2.75, 3.05) is 25.9 Å². The molecule has 0 saturated carbocycles. The molecule has 2 N–H and O–H groups in total. The molecule has 1 aromatic heterocycles. The van der Waals surface area contributed by atoms with Crippen LogP contribution in [0.3, 0.4) is 0 Å². The van der Waals surface area contributed by atoms with Crippen LogP contribution in [0.15, 0.2) is 52.0 Å². The number of likely N-dealkylation sites (tertiary alicyclic amines) is 1. The second-order valence-electron chi connectivity index (χ2n) is 6.20. The van der Waals surface area contributed by atoms with Gasteiger partial charge < -0.3 is 14.6 Å². The summed E-state index contributed by atoms with van der Waals surface area (Å²) in [6.07, 6.45) is 7.51. The second kappa shape index (κ2) is 8.40. The van der Waals surface area contributed by atoms with Crippen LogP contribution in [0.4, 0.5) is 0 Å². The lowest BCUT2D eigenvalue weighted by molar-refractivity contribution is -0.936. The van der Waals surface area contributed by atoms with Crippen LogP contribution in [0, 0.1) is 0 Å². The third kappa shape index (κ3) is 4.02. The molecule has 1 saturated heterocycles. The Labute approximate surface area is 147 Å². The molecule has 1 fully saturated rings. The van der Waals surface area contributed by atoms with Gasteiger partial charge in [0, 0.05) is 4.90 Å². The van der Waals surface area contributed by atoms with E-state index in [4.69, 9.17) is 4.42 Å². The minimum atomic E-state index is -0.00656. The summed E-state index contributed by atoms with van der Waals surface area (Å²) in [7, 11) is 0. The summed E-state index contributed by atoms with van der Waals surface area (Å²) in [5.41, 5.74) is 0.747. The number of rotatable bonds is 6. The number of furan rings is 1. The highest BCUT2D eigenvalue weighted by atomic mass is 32.2. The molecule has 1 atom stereocenters. The number of nitrogens with one attached hydrogen (secondary N) is 2. The minimum absolute atomic E-state index is 0.00656. The van der Waals surface area contributed by atoms with E-state index in [2.05, 4.69) is 5.32 Å². The molecule has 2 aromatic rings. The van der Waals surface area contributed by atoms with Crippen molar-refractivity contribution in [1.29, 1.82) is 0 Å². The maximum Gasteiger partial charge on any atom is 0.252 e. The number of carbonyl (C=O) groups excluding carboxylic acids is 1. The molecule has 128 valence electrons. The quantitative estimate of drug-likeness (QED) is 0.791. The van der Waals surface area contributed by atoms with Crippen LogP contribution in [-0.2, 0) is 0 Å². The maximum absolute atomic E-state index is 12.6. The summed E-state index contributed by atoms with van der Waals surface area (Å²) in [6.45, 7) is 2.88. The van der Waals surface area contributed by atoms with Crippen LogP contribution in [0.1, 0.15) is 41.4 Å². The fourth-order valence-corrected chi connectivity index (χ4v) is 4.01. The molecule has 1 aromatic carbocycles. The molecule has 0 radical (unpaired) electrons. The second-order valence-corrected chi connectivity index (χ2v) is 7.05. The van der Waals surface area contributed by atoms with E-state index in [-0.39, 0.29) is 11.9 Å². The van der Waals surface area contributed by atoms with Gasteiger partial charge in [-0.05, 0) is 49.8 Å². The Morgan fingerprint density at radius 1 is 1.21 bits per heavy atom. The van der Waals surface area contributed by atoms with Gasteiger partial charge in [0.2, 0.25) is 0 Å². The van der Waals surface area contributed by atoms with Gasteiger partial charge in [0.1, 0.15) is 0 Å². The van der Waals surface area contributed by atoms with Gasteiger partial charge in [-0.2, -0.15) is 0 Å². The molecule has 24 heavy (non-hydrogen) atoms. The average Bonchev–Trinajstić information content (AvgIpc) is 3.17. The number of thioether (sulfide) groups is 1. The van der Waals surface area contributed by atoms with Crippen LogP contribution in [0.2, 0.25) is 0 Å². The molecule has 3 rings (SSSR count). The fraction of sp³-hybridized carbons (Fsp3) is 0.421. The van der Waals surface area contributed by atoms with Gasteiger partial charge in [-0.15, -0.1) is 11.8 Å². The largest absolute Gasteiger partial charge is 0.463 e. The molecule has 1 amide bonds. The lowest BCUT2D eigenvalue weighted by atomic mass is 10.1. The predicted molar refractivity (Wildman–Crippen MR) is 96.6 cm³/mol. The fourth-order valence-electron chi connectivity index (χ4n) is 3.41. The van der Waals surface area contributed by atoms with Crippen LogP contribution < -0.4 is 10.2 Å². The number of hydrogen-bond donors (Lipinski definition) is 2. The molecule has 0 spiro atoms. The summed E-state index contributed by atoms with van der Waals surface area (Å²) in [6, 6.07) is 11.9. The molecule has 2 heterocycles. The van der Waals surface area contributed by atoms with Gasteiger partial charge in [-0.3, -0.25) is 4.79 Å². The van der Waals surface area contributed by atoms with Crippen molar-refractivity contribution in [3.8, 4) is 0 Å². The van der Waals surface area contributed by atoms with E-state index < -0.39 is 0 Å². The van der Waals surface area contributed by atoms with Crippen molar-refractivity contribution < 1.29 is 14.1 Å². The number of hydrogen-bond acceptors (Lipinski definition) is 3. The van der Waals surface area contributed by atoms with E-state index >= 15 is 0 Å². The topological polar surface area (TPSA) is 46.7 Å². The van der Waals surface area contributed by atoms with E-state index in [1.54, 1.807) is 18.0 Å². The molecule has 0 unspecified atom stereocenters. The zero-order valence-electron chi connectivity index (χ0n) is 14.1. The van der Waals surface area contributed by atoms with Gasteiger partial charge >= 0.3 is 0 Å². The summed E-state index contributed by atoms with van der Waals surface area (Å²) in [5, 5.41) is 3.13. The summed E-state index contributed by atoms with van der Waals surface area (Å²) in [4.78, 5) is 15.1. The summed E-state index contributed by atoms with van der Waals surface area (Å²) >= 11 is 1.60. The zero-order valence-corrected chi connectivity index (χ0v) is 14.9. The first-order valence-electron chi connectivity index (χ1n) is 8.59. The highest BCUT2D eigenvalue weighted by molar-refractivity contribution is 7.98. The van der Waals surface area contributed by atoms with E-state index in [9.17, 15) is 4.79 Å². The Morgan fingerprint density at radius 2 is 2.00 bits per heavy atom. The number of quaternary nitrogens is 1. The Balaban J connectivity index is 1.70. The predicted octanol–water partition coefficient (Wildman–Crippen LogP) is 2.54. The minimum Gasteiger partial charge on any atom is -0.463 e. The molecule has 4 nitrogen and oxygen atoms in total. The molecule has 5 heteroatoms. The molecular weight excluding hydrogens is 320 g/mol. The molecule has 0 aliphatic carbocycles. The summed E-state index contributed by atoms with van der Waals surface area (Å²) in [5.74, 6) is 0.957. The zero-order chi connectivity index (χ0) is 16.8. The van der Waals surface area contributed by atoms with E-state index in [0.717, 1.165) is 29.3 Å². The first-order chi connectivity index (χ1) is 11.8. The van der Waals surface area contributed by atoms with Crippen LogP contribution in [0.25, 0.3) is 0 Å². The lowest BCUT2D eigenvalue weighted by Crippen LogP contribution is -3.13. The number of benzene rings is 1. The van der Waals surface area contributed by atoms with Gasteiger partial charge in [-0.25, -0.2) is 0 Å². The summed E-state index contributed by atoms with van der Waals surface area (Å²) < 4.78 is 5.66. The van der Waals surface area contributed by atoms with Gasteiger partial charge in [0.15, 0.2) is 11.8 Å². The molecule has 1 aliphatic rings. The van der Waals surface area contributed by atoms with Gasteiger partial charge in [0.05, 0.1) is 31.5 Å². The first-order valence-corrected chi connectivity index (χ1v) is 9.81. The maximum atomic E-state index is 12.6. The van der Waals surface area contributed by atoms with Crippen molar-refractivity contribution in [1.82, 2.24) is 5.32 Å². The third-order valence-electron chi connectivity index (χ3n) is 4.69. The number of amides is 1. The third-order valence-corrected chi connectivity index (χ3v) is 5.49. The number of carbonyl (C=O) groups is 1. The number of piperidine rings is 1. The highest BCUT2D eigenvalue weighted by Crippen LogP contribution is 2.20. The Bertz CT molecular complexity index is 651. The van der Waals surface area contributed by atoms with Crippen LogP contribution in [-0.4, -0.2) is 31.8 Å². The Kier molecular flexibility index (Phi) is 5.99. The van der Waals surface area contributed by atoms with Crippen LogP contribution >= 0.6 is 11.8 Å². The first kappa shape index (κ1) is 17.1. The van der Waals surface area contributed by atoms with Crippen molar-refractivity contribution in [3.05, 3.63) is 54.0 Å². The van der Waals surface area contributed by atoms with Crippen LogP contribution in [0.5, 0.6) is 0 Å². The van der Waals surface area contributed by atoms with Gasteiger partial charge in [0.25, 0.3) is 5.91 Å². The van der Waals surface area contributed by atoms with E-state index in [0.29, 0.717) is 6.54 Å². The van der Waals surface area contributed by atoms with Gasteiger partial charge in [-0.1, -0.05) is 12.1 Å². The standard InChI is InChI=1S/C19H24N2O2S/c1-24-18-10-4-3-8-15(18)19(22)20-14-16(17-9-7-13-23-17)21-11-5-2-6-12-21/h3-4,7-10,13,16H,2,5-6,11-12,14H2,1H3,(H,20,22)/p+1/t16-/m1/s1. The Hall–Kier alpha value is -1.72. The van der Waals surface area contributed by atoms with Crippen molar-refractivity contribution in [2.24, 2.45) is 0 Å². The van der Waals surface area contributed by atoms with Crippen molar-refractivity contribution >= 4 is 17.7 Å². The van der Waals surface area contributed by atoms with E-state index in [1.165, 1.54) is 24.2 Å². The smallest absolute Gasteiger partial charge is 0.252 e. The Morgan fingerprint density at radius 3 is 2.71 bits per heavy atom.